The lowest BCUT2D eigenvalue weighted by Crippen LogP contribution is -2.14. The number of nitrogens with zero attached hydrogens (tertiary/aromatic N) is 3. The van der Waals surface area contributed by atoms with E-state index in [0.717, 1.165) is 39.6 Å². The Bertz CT molecular complexity index is 1580. The number of hydrogen-bond acceptors (Lipinski definition) is 4. The molecule has 0 aliphatic carbocycles. The molecule has 0 spiro atoms. The molecule has 0 N–H and O–H groups in total. The fourth-order valence-electron chi connectivity index (χ4n) is 4.14. The van der Waals surface area contributed by atoms with Gasteiger partial charge in [0.1, 0.15) is 5.75 Å². The molecule has 0 amide bonds. The summed E-state index contributed by atoms with van der Waals surface area (Å²) < 4.78 is 36.9. The molecule has 0 aliphatic heterocycles. The second-order valence-electron chi connectivity index (χ2n) is 8.21. The van der Waals surface area contributed by atoms with Crippen molar-refractivity contribution >= 4 is 32.0 Å². The van der Waals surface area contributed by atoms with Crippen LogP contribution in [0.1, 0.15) is 18.9 Å². The van der Waals surface area contributed by atoms with Crippen LogP contribution in [-0.4, -0.2) is 28.5 Å². The number of benzene rings is 2. The number of ether oxygens (including phenoxy) is 1. The van der Waals surface area contributed by atoms with Crippen molar-refractivity contribution in [3.8, 4) is 17.0 Å². The van der Waals surface area contributed by atoms with E-state index in [2.05, 4.69) is 11.9 Å². The van der Waals surface area contributed by atoms with E-state index in [9.17, 15) is 8.42 Å². The van der Waals surface area contributed by atoms with Crippen LogP contribution in [0.3, 0.4) is 0 Å². The van der Waals surface area contributed by atoms with Gasteiger partial charge in [-0.05, 0) is 61.9 Å². The monoisotopic (exact) mass is 459 g/mol. The second kappa shape index (κ2) is 8.08. The van der Waals surface area contributed by atoms with Gasteiger partial charge < -0.3 is 9.30 Å². The lowest BCUT2D eigenvalue weighted by molar-refractivity contribution is 0.318. The maximum atomic E-state index is 13.9. The first-order valence-electron chi connectivity index (χ1n) is 10.9. The van der Waals surface area contributed by atoms with Crippen molar-refractivity contribution in [2.24, 2.45) is 7.05 Å². The summed E-state index contributed by atoms with van der Waals surface area (Å²) in [5, 5.41) is 1.69. The maximum Gasteiger partial charge on any atom is 0.269 e. The minimum atomic E-state index is -3.89. The average Bonchev–Trinajstić information content (AvgIpc) is 3.36. The van der Waals surface area contributed by atoms with Crippen molar-refractivity contribution in [1.29, 1.82) is 0 Å². The number of fused-ring (bicyclic) bond motifs is 2. The predicted octanol–water partition coefficient (Wildman–Crippen LogP) is 5.53. The summed E-state index contributed by atoms with van der Waals surface area (Å²) in [5.41, 5.74) is 3.78. The van der Waals surface area contributed by atoms with Crippen LogP contribution in [0.15, 0.2) is 78.0 Å². The normalized spacial score (nSPS) is 12.0. The minimum absolute atomic E-state index is 0.227. The van der Waals surface area contributed by atoms with E-state index in [-0.39, 0.29) is 4.90 Å². The Morgan fingerprint density at radius 3 is 2.58 bits per heavy atom. The third-order valence-corrected chi connectivity index (χ3v) is 7.51. The molecule has 0 radical (unpaired) electrons. The van der Waals surface area contributed by atoms with Crippen molar-refractivity contribution in [3.63, 3.8) is 0 Å². The molecule has 0 unspecified atom stereocenters. The highest BCUT2D eigenvalue weighted by Crippen LogP contribution is 2.37. The maximum absolute atomic E-state index is 13.9. The molecule has 0 aliphatic rings. The molecule has 7 heteroatoms. The van der Waals surface area contributed by atoms with Gasteiger partial charge in [0.25, 0.3) is 10.0 Å². The van der Waals surface area contributed by atoms with Crippen LogP contribution in [0, 0.1) is 6.92 Å². The summed E-state index contributed by atoms with van der Waals surface area (Å²) in [4.78, 5) is 4.66. The van der Waals surface area contributed by atoms with E-state index in [1.54, 1.807) is 30.5 Å². The molecule has 2 aromatic carbocycles. The quantitative estimate of drug-likeness (QED) is 0.335. The first-order valence-corrected chi connectivity index (χ1v) is 12.3. The van der Waals surface area contributed by atoms with Crippen LogP contribution in [0.4, 0.5) is 0 Å². The Labute approximate surface area is 193 Å². The first-order chi connectivity index (χ1) is 15.9. The molecule has 3 aromatic heterocycles. The molecule has 168 valence electrons. The third kappa shape index (κ3) is 3.58. The second-order valence-corrected chi connectivity index (χ2v) is 10.00. The van der Waals surface area contributed by atoms with Crippen molar-refractivity contribution in [3.05, 3.63) is 78.6 Å². The van der Waals surface area contributed by atoms with Gasteiger partial charge in [-0.15, -0.1) is 0 Å². The standard InChI is InChI=1S/C26H25N3O3S/c1-4-14-32-20-9-12-24-22(16-20)23(17-28(24)3)25-15-19-6-5-13-27-26(19)29(25)33(30,31)21-10-7-18(2)8-11-21/h5-13,15-17H,4,14H2,1-3H3. The van der Waals surface area contributed by atoms with Crippen molar-refractivity contribution in [2.45, 2.75) is 25.2 Å². The number of pyridine rings is 1. The molecule has 0 saturated heterocycles. The van der Waals surface area contributed by atoms with Crippen molar-refractivity contribution < 1.29 is 13.2 Å². The smallest absolute Gasteiger partial charge is 0.269 e. The zero-order valence-electron chi connectivity index (χ0n) is 18.8. The highest BCUT2D eigenvalue weighted by Gasteiger charge is 2.26. The summed E-state index contributed by atoms with van der Waals surface area (Å²) in [6.45, 7) is 4.62. The molecule has 0 saturated carbocycles. The Kier molecular flexibility index (Phi) is 5.21. The minimum Gasteiger partial charge on any atom is -0.494 e. The zero-order chi connectivity index (χ0) is 23.2. The molecule has 5 rings (SSSR count). The van der Waals surface area contributed by atoms with Crippen molar-refractivity contribution in [1.82, 2.24) is 13.5 Å². The Balaban J connectivity index is 1.80. The molecule has 6 nitrogen and oxygen atoms in total. The van der Waals surface area contributed by atoms with E-state index in [1.807, 2.05) is 61.1 Å². The average molecular weight is 460 g/mol. The van der Waals surface area contributed by atoms with Gasteiger partial charge in [-0.3, -0.25) is 0 Å². The van der Waals surface area contributed by atoms with Gasteiger partial charge in [0, 0.05) is 41.3 Å². The van der Waals surface area contributed by atoms with E-state index in [4.69, 9.17) is 4.74 Å². The van der Waals surface area contributed by atoms with E-state index in [0.29, 0.717) is 17.9 Å². The molecule has 0 bridgehead atoms. The first kappa shape index (κ1) is 21.3. The third-order valence-electron chi connectivity index (χ3n) is 5.79. The Morgan fingerprint density at radius 1 is 1.03 bits per heavy atom. The fraction of sp³-hybridized carbons (Fsp3) is 0.192. The summed E-state index contributed by atoms with van der Waals surface area (Å²) in [7, 11) is -1.93. The van der Waals surface area contributed by atoms with Gasteiger partial charge in [0.2, 0.25) is 0 Å². The highest BCUT2D eigenvalue weighted by atomic mass is 32.2. The number of hydrogen-bond donors (Lipinski definition) is 0. The van der Waals surface area contributed by atoms with Gasteiger partial charge in [0.15, 0.2) is 5.65 Å². The molecule has 0 fully saturated rings. The van der Waals surface area contributed by atoms with E-state index in [1.165, 1.54) is 3.97 Å². The zero-order valence-corrected chi connectivity index (χ0v) is 19.6. The van der Waals surface area contributed by atoms with Crippen molar-refractivity contribution in [2.75, 3.05) is 6.61 Å². The van der Waals surface area contributed by atoms with Gasteiger partial charge >= 0.3 is 0 Å². The molecule has 5 aromatic rings. The molecule has 3 heterocycles. The Morgan fingerprint density at radius 2 is 1.82 bits per heavy atom. The summed E-state index contributed by atoms with van der Waals surface area (Å²) in [5.74, 6) is 0.763. The lowest BCUT2D eigenvalue weighted by atomic mass is 10.1. The van der Waals surface area contributed by atoms with Gasteiger partial charge in [-0.2, -0.15) is 0 Å². The van der Waals surface area contributed by atoms with Crippen LogP contribution >= 0.6 is 0 Å². The van der Waals surface area contributed by atoms with Gasteiger partial charge in [0.05, 0.1) is 17.2 Å². The predicted molar refractivity (Wildman–Crippen MR) is 131 cm³/mol. The molecule has 33 heavy (non-hydrogen) atoms. The SMILES string of the molecule is CCCOc1ccc2c(c1)c(-c1cc3cccnc3n1S(=O)(=O)c1ccc(C)cc1)cn2C. The van der Waals surface area contributed by atoms with E-state index >= 15 is 0 Å². The topological polar surface area (TPSA) is 66.1 Å². The fourth-order valence-corrected chi connectivity index (χ4v) is 5.62. The molecular formula is C26H25N3O3S. The van der Waals surface area contributed by atoms with Crippen LogP contribution < -0.4 is 4.74 Å². The Hall–Kier alpha value is -3.58. The summed E-state index contributed by atoms with van der Waals surface area (Å²) in [6, 6.07) is 18.4. The van der Waals surface area contributed by atoms with Gasteiger partial charge in [-0.25, -0.2) is 17.4 Å². The number of aromatic nitrogens is 3. The lowest BCUT2D eigenvalue weighted by Gasteiger charge is -2.12. The molecule has 0 atom stereocenters. The number of aryl methyl sites for hydroxylation is 2. The molecular weight excluding hydrogens is 434 g/mol. The largest absolute Gasteiger partial charge is 0.494 e. The summed E-state index contributed by atoms with van der Waals surface area (Å²) in [6.07, 6.45) is 4.49. The van der Waals surface area contributed by atoms with Crippen LogP contribution in [0.25, 0.3) is 33.2 Å². The van der Waals surface area contributed by atoms with Crippen LogP contribution in [-0.2, 0) is 17.1 Å². The van der Waals surface area contributed by atoms with Gasteiger partial charge in [-0.1, -0.05) is 24.6 Å². The number of rotatable bonds is 6. The van der Waals surface area contributed by atoms with Crippen LogP contribution in [0.2, 0.25) is 0 Å². The summed E-state index contributed by atoms with van der Waals surface area (Å²) >= 11 is 0. The van der Waals surface area contributed by atoms with E-state index < -0.39 is 10.0 Å². The highest BCUT2D eigenvalue weighted by molar-refractivity contribution is 7.90. The van der Waals surface area contributed by atoms with Crippen LogP contribution in [0.5, 0.6) is 5.75 Å².